The summed E-state index contributed by atoms with van der Waals surface area (Å²) in [6, 6.07) is 5.30. The zero-order valence-corrected chi connectivity index (χ0v) is 73.3. The lowest BCUT2D eigenvalue weighted by Gasteiger charge is -2.30. The van der Waals surface area contributed by atoms with Gasteiger partial charge in [0, 0.05) is 86.6 Å². The fourth-order valence-electron chi connectivity index (χ4n) is 14.2. The number of para-hydroxylation sites is 1. The van der Waals surface area contributed by atoms with Crippen molar-refractivity contribution in [3.05, 3.63) is 159 Å². The van der Waals surface area contributed by atoms with Crippen LogP contribution in [0.5, 0.6) is 5.75 Å². The number of fused-ring (bicyclic) bond motifs is 1. The van der Waals surface area contributed by atoms with Crippen LogP contribution in [0.1, 0.15) is 127 Å². The number of aliphatic hydroxyl groups is 2. The number of guanidine groups is 1. The number of carboxylic acids is 1. The number of azide groups is 1. The summed E-state index contributed by atoms with van der Waals surface area (Å²) in [5.41, 5.74) is 27.4. The number of H-pyrrole nitrogens is 1. The number of nitro benzene ring substituents is 1. The maximum absolute atomic E-state index is 15.5. The third-order valence-electron chi connectivity index (χ3n) is 21.0. The number of carbonyl (C=O) groups is 15. The number of benzene rings is 4. The molecule has 14 amide bonds. The Balaban J connectivity index is 1.19. The van der Waals surface area contributed by atoms with Crippen LogP contribution in [0, 0.1) is 21.4 Å². The van der Waals surface area contributed by atoms with Gasteiger partial charge in [0.05, 0.1) is 42.2 Å². The number of phenolic OH excluding ortho intramolecular Hbond substituents is 1. The highest BCUT2D eigenvalue weighted by Gasteiger charge is 2.41. The van der Waals surface area contributed by atoms with Gasteiger partial charge in [0.15, 0.2) is 5.96 Å². The van der Waals surface area contributed by atoms with Gasteiger partial charge in [-0.1, -0.05) is 105 Å². The molecule has 0 aliphatic carbocycles. The van der Waals surface area contributed by atoms with Crippen molar-refractivity contribution < 1.29 is 97.3 Å². The van der Waals surface area contributed by atoms with Crippen LogP contribution in [0.15, 0.2) is 126 Å². The lowest BCUT2D eigenvalue weighted by Crippen LogP contribution is -2.61. The van der Waals surface area contributed by atoms with Gasteiger partial charge in [-0.3, -0.25) is 91.4 Å². The lowest BCUT2D eigenvalue weighted by atomic mass is 10.0. The summed E-state index contributed by atoms with van der Waals surface area (Å²) in [5, 5.41) is 97.8. The lowest BCUT2D eigenvalue weighted by molar-refractivity contribution is -0.387. The first-order valence-electron chi connectivity index (χ1n) is 42.3. The number of likely N-dealkylation sites (tertiary alicyclic amines) is 1. The van der Waals surface area contributed by atoms with Gasteiger partial charge in [0.1, 0.15) is 83.1 Å². The number of aliphatic carboxylic acids is 1. The SMILES string of the molecule is CCCC[C@H](NC(=O)[C@H](CO)NC(=O)[C@H](Cc1ccc(O)cc1)NC(=O)[C@H](CO)NC(C)=O)C(=O)N[C@@H](CCC(=O)O)C(=O)N[C@@H](Cc1c[nH]cn1)C(=O)N[C@H](Cc1ccccc1)C(=O)N[C@@H](CCCNC(=N)N)C(=O)N[C@@H](Cc1cn(Sc2ccc(N=[N+]=[N-])cc2[N+](=O)[O-])c2ccccc12)C(=O)NCC(=O)N[C@@H](CCCCN)C(=O)N1CCC[C@H]1C(=O)N[C@H](C(N)=O)C(C)C. The summed E-state index contributed by atoms with van der Waals surface area (Å²) in [7, 11) is 0. The molecular formula is C84H113N25O21S. The van der Waals surface area contributed by atoms with Gasteiger partial charge >= 0.3 is 5.97 Å². The third kappa shape index (κ3) is 32.7. The Morgan fingerprint density at radius 1 is 0.641 bits per heavy atom. The van der Waals surface area contributed by atoms with Gasteiger partial charge in [-0.05, 0) is 129 Å². The van der Waals surface area contributed by atoms with Gasteiger partial charge < -0.3 is 117 Å². The molecule has 25 N–H and O–H groups in total. The normalized spacial score (nSPS) is 14.7. The number of nitrogens with zero attached hydrogens (tertiary/aromatic N) is 7. The molecule has 12 atom stereocenters. The Hall–Kier alpha value is -14.3. The van der Waals surface area contributed by atoms with E-state index in [1.807, 2.05) is 0 Å². The standard InChI is InChI=1S/C84H113N25O21S/c1-5-6-19-55(97-81(126)64(44-111)103-78(123)60(36-49-24-27-53(113)28-25-49)100-80(125)63(43-110)94-47(4)112)74(119)98-57(29-31-70(115)116)76(121)102-62(38-52-40-90-45-93-52)79(124)99-59(35-48-16-8-7-9-17-48)77(122)96-56(21-14-33-91-84(87)88)75(120)101-61(37-50-42-108(65-22-11-10-18-54(50)65)131-68-30-26-51(105-106-89)39-67(68)109(129)130)73(118)92-41-69(114)95-58(20-12-13-32-85)83(128)107-34-15-23-66(107)82(127)104-71(46(2)3)72(86)117/h7-11,16-18,22,24-28,30,39-40,42,45-46,55-64,66,71,110-111,113H,5-6,12-15,19-21,23,29,31-38,41,43-44,85H2,1-4H3,(H2,86,117)(H,90,93)(H,92,118)(H,94,112)(H,95,114)(H,96,122)(H,97,126)(H,98,119)(H,99,124)(H,100,125)(H,101,120)(H,102,121)(H,103,123)(H,104,127)(H,115,116)(H4,87,88,91)/t55-,56-,57-,58-,59+,60-,61-,62-,63-,64-,66-,71-/m0/s1. The van der Waals surface area contributed by atoms with Crippen LogP contribution in [0.2, 0.25) is 0 Å². The van der Waals surface area contributed by atoms with Crippen LogP contribution >= 0.6 is 11.9 Å². The number of nitrogens with one attached hydrogen (secondary N) is 15. The van der Waals surface area contributed by atoms with Crippen LogP contribution < -0.4 is 86.3 Å². The number of imidazole rings is 1. The zero-order valence-electron chi connectivity index (χ0n) is 72.5. The van der Waals surface area contributed by atoms with Gasteiger partial charge in [0.2, 0.25) is 82.7 Å². The number of phenols is 1. The molecule has 0 unspecified atom stereocenters. The number of nitro groups is 1. The van der Waals surface area contributed by atoms with E-state index in [0.29, 0.717) is 53.3 Å². The molecule has 2 aromatic heterocycles. The number of carbonyl (C=O) groups excluding carboxylic acids is 14. The van der Waals surface area contributed by atoms with Crippen molar-refractivity contribution in [3.63, 3.8) is 0 Å². The molecule has 46 nitrogen and oxygen atoms in total. The van der Waals surface area contributed by atoms with Crippen molar-refractivity contribution in [2.24, 2.45) is 28.2 Å². The summed E-state index contributed by atoms with van der Waals surface area (Å²) in [4.78, 5) is 234. The summed E-state index contributed by atoms with van der Waals surface area (Å²) in [6.45, 7) is 3.56. The number of hydrogen-bond acceptors (Lipinski definition) is 25. The average molecular weight is 1840 g/mol. The van der Waals surface area contributed by atoms with E-state index in [4.69, 9.17) is 28.1 Å². The molecule has 1 aliphatic rings. The summed E-state index contributed by atoms with van der Waals surface area (Å²) in [5.74, 6) is -15.9. The Morgan fingerprint density at radius 3 is 1.72 bits per heavy atom. The topological polar surface area (TPSA) is 724 Å². The number of amides is 14. The van der Waals surface area contributed by atoms with E-state index >= 15 is 19.2 Å². The monoisotopic (exact) mass is 1840 g/mol. The molecule has 1 saturated heterocycles. The molecule has 6 aromatic rings. The highest BCUT2D eigenvalue weighted by atomic mass is 32.2. The fraction of sp³-hybridized carbons (Fsp3) is 0.464. The molecule has 131 heavy (non-hydrogen) atoms. The Kier molecular flexibility index (Phi) is 41.4. The first-order valence-corrected chi connectivity index (χ1v) is 43.1. The predicted octanol–water partition coefficient (Wildman–Crippen LogP) is -1.22. The number of primary amides is 1. The second-order valence-electron chi connectivity index (χ2n) is 31.3. The third-order valence-corrected chi connectivity index (χ3v) is 22.1. The van der Waals surface area contributed by atoms with E-state index in [-0.39, 0.29) is 93.0 Å². The zero-order chi connectivity index (χ0) is 96.0. The number of rotatable bonds is 54. The molecule has 0 spiro atoms. The Labute approximate surface area is 756 Å². The van der Waals surface area contributed by atoms with Crippen molar-refractivity contribution in [1.82, 2.24) is 88.0 Å². The van der Waals surface area contributed by atoms with Crippen LogP contribution in [0.25, 0.3) is 21.3 Å². The van der Waals surface area contributed by atoms with E-state index in [1.165, 1.54) is 60.0 Å². The first kappa shape index (κ1) is 104. The molecule has 0 saturated carbocycles. The van der Waals surface area contributed by atoms with Crippen molar-refractivity contribution >= 4 is 129 Å². The predicted molar refractivity (Wildman–Crippen MR) is 474 cm³/mol. The van der Waals surface area contributed by atoms with E-state index in [2.05, 4.69) is 89.1 Å². The molecular weight excluding hydrogens is 1730 g/mol. The minimum Gasteiger partial charge on any atom is -0.508 e. The van der Waals surface area contributed by atoms with E-state index in [9.17, 15) is 83.3 Å². The number of aromatic amines is 1. The first-order chi connectivity index (χ1) is 62.5. The molecule has 4 aromatic carbocycles. The number of hydrogen-bond donors (Lipinski definition) is 22. The molecule has 1 aliphatic heterocycles. The van der Waals surface area contributed by atoms with Gasteiger partial charge in [-0.25, -0.2) is 4.98 Å². The number of aromatic nitrogens is 3. The van der Waals surface area contributed by atoms with Crippen LogP contribution in [-0.4, -0.2) is 251 Å². The summed E-state index contributed by atoms with van der Waals surface area (Å²) >= 11 is 0.872. The number of unbranched alkanes of at least 4 members (excludes halogenated alkanes) is 2. The highest BCUT2D eigenvalue weighted by molar-refractivity contribution is 7.98. The highest BCUT2D eigenvalue weighted by Crippen LogP contribution is 2.37. The van der Waals surface area contributed by atoms with Crippen molar-refractivity contribution in [2.75, 3.05) is 39.4 Å². The minimum absolute atomic E-state index is 0.0262. The molecule has 0 radical (unpaired) electrons. The number of nitrogens with two attached hydrogens (primary N) is 3. The molecule has 706 valence electrons. The molecule has 47 heteroatoms. The molecule has 0 bridgehead atoms. The maximum Gasteiger partial charge on any atom is 0.303 e. The Bertz CT molecular complexity index is 5060. The molecule has 1 fully saturated rings. The van der Waals surface area contributed by atoms with Crippen molar-refractivity contribution in [1.29, 1.82) is 5.41 Å². The van der Waals surface area contributed by atoms with E-state index in [1.54, 1.807) is 79.3 Å². The van der Waals surface area contributed by atoms with Gasteiger partial charge in [0.25, 0.3) is 5.69 Å². The second-order valence-corrected chi connectivity index (χ2v) is 32.3. The minimum atomic E-state index is -1.86. The Morgan fingerprint density at radius 2 is 1.18 bits per heavy atom. The summed E-state index contributed by atoms with van der Waals surface area (Å²) in [6.07, 6.45) is 2.64. The number of aromatic hydroxyl groups is 1. The largest absolute Gasteiger partial charge is 0.508 e. The quantitative estimate of drug-likeness (QED) is 0.00311. The van der Waals surface area contributed by atoms with Crippen molar-refractivity contribution in [2.45, 2.75) is 208 Å². The molecule has 7 rings (SSSR count). The smallest absolute Gasteiger partial charge is 0.303 e. The van der Waals surface area contributed by atoms with E-state index in [0.717, 1.165) is 24.9 Å². The van der Waals surface area contributed by atoms with Crippen LogP contribution in [-0.2, 0) is 97.6 Å². The van der Waals surface area contributed by atoms with Crippen molar-refractivity contribution in [3.8, 4) is 5.75 Å². The number of aliphatic hydroxyl groups excluding tert-OH is 2. The molecule has 3 heterocycles. The average Bonchev–Trinajstić information content (AvgIpc) is 1.64. The van der Waals surface area contributed by atoms with Crippen LogP contribution in [0.3, 0.4) is 0 Å². The maximum atomic E-state index is 15.5. The second kappa shape index (κ2) is 52.2. The number of carboxylic acid groups (broad SMARTS) is 1. The summed E-state index contributed by atoms with van der Waals surface area (Å²) < 4.78 is 1.55. The van der Waals surface area contributed by atoms with Gasteiger partial charge in [-0.2, -0.15) is 0 Å². The van der Waals surface area contributed by atoms with Crippen LogP contribution in [0.4, 0.5) is 11.4 Å². The fourth-order valence-corrected chi connectivity index (χ4v) is 15.2. The van der Waals surface area contributed by atoms with E-state index < -0.39 is 229 Å². The van der Waals surface area contributed by atoms with Gasteiger partial charge in [-0.15, -0.1) is 0 Å².